The predicted molar refractivity (Wildman–Crippen MR) is 100 cm³/mol. The SMILES string of the molecule is Cc1ccccc1OCC(=O)Nc1cc(Br)c2nc(NN)sc2c1. The number of nitrogens with two attached hydrogens (primary N) is 1. The molecule has 0 unspecified atom stereocenters. The van der Waals surface area contributed by atoms with Gasteiger partial charge in [0.2, 0.25) is 0 Å². The number of nitrogens with zero attached hydrogens (tertiary/aromatic N) is 1. The van der Waals surface area contributed by atoms with Gasteiger partial charge < -0.3 is 10.1 Å². The number of aromatic nitrogens is 1. The van der Waals surface area contributed by atoms with Crippen LogP contribution in [0.4, 0.5) is 10.8 Å². The molecule has 0 bridgehead atoms. The molecule has 0 saturated heterocycles. The van der Waals surface area contributed by atoms with Crippen LogP contribution < -0.4 is 21.3 Å². The first-order valence-electron chi connectivity index (χ1n) is 7.12. The normalized spacial score (nSPS) is 10.6. The Morgan fingerprint density at radius 2 is 2.17 bits per heavy atom. The van der Waals surface area contributed by atoms with E-state index in [-0.39, 0.29) is 12.5 Å². The van der Waals surface area contributed by atoms with Gasteiger partial charge in [-0.15, -0.1) is 0 Å². The standard InChI is InChI=1S/C16H15BrN4O2S/c1-9-4-2-3-5-12(9)23-8-14(22)19-10-6-11(17)15-13(7-10)24-16(20-15)21-18/h2-7H,8,18H2,1H3,(H,19,22)(H,20,21). The van der Waals surface area contributed by atoms with Crippen molar-refractivity contribution in [2.24, 2.45) is 5.84 Å². The maximum atomic E-state index is 12.1. The van der Waals surface area contributed by atoms with Gasteiger partial charge in [0.25, 0.3) is 5.91 Å². The van der Waals surface area contributed by atoms with Crippen LogP contribution in [-0.4, -0.2) is 17.5 Å². The summed E-state index contributed by atoms with van der Waals surface area (Å²) in [5, 5.41) is 3.43. The topological polar surface area (TPSA) is 89.3 Å². The summed E-state index contributed by atoms with van der Waals surface area (Å²) in [6.45, 7) is 1.88. The average molecular weight is 407 g/mol. The number of benzene rings is 2. The molecular formula is C16H15BrN4O2S. The first-order chi connectivity index (χ1) is 11.6. The maximum absolute atomic E-state index is 12.1. The van der Waals surface area contributed by atoms with Gasteiger partial charge in [-0.05, 0) is 46.6 Å². The minimum atomic E-state index is -0.230. The Morgan fingerprint density at radius 3 is 2.92 bits per heavy atom. The summed E-state index contributed by atoms with van der Waals surface area (Å²) in [5.41, 5.74) is 4.97. The van der Waals surface area contributed by atoms with E-state index in [2.05, 4.69) is 31.7 Å². The van der Waals surface area contributed by atoms with E-state index in [0.29, 0.717) is 16.6 Å². The minimum absolute atomic E-state index is 0.0567. The monoisotopic (exact) mass is 406 g/mol. The average Bonchev–Trinajstić information content (AvgIpc) is 2.98. The number of hydrazine groups is 1. The molecular weight excluding hydrogens is 392 g/mol. The molecule has 3 rings (SSSR count). The van der Waals surface area contributed by atoms with Gasteiger partial charge in [-0.1, -0.05) is 29.5 Å². The van der Waals surface area contributed by atoms with Crippen LogP contribution in [-0.2, 0) is 4.79 Å². The van der Waals surface area contributed by atoms with Gasteiger partial charge in [-0.3, -0.25) is 10.2 Å². The summed E-state index contributed by atoms with van der Waals surface area (Å²) >= 11 is 4.86. The van der Waals surface area contributed by atoms with Gasteiger partial charge in [-0.25, -0.2) is 10.8 Å². The molecule has 0 aliphatic rings. The fourth-order valence-electron chi connectivity index (χ4n) is 2.18. The summed E-state index contributed by atoms with van der Waals surface area (Å²) in [4.78, 5) is 16.4. The summed E-state index contributed by atoms with van der Waals surface area (Å²) in [5.74, 6) is 5.85. The van der Waals surface area contributed by atoms with Crippen LogP contribution in [0.3, 0.4) is 0 Å². The molecule has 1 amide bonds. The van der Waals surface area contributed by atoms with Crippen molar-refractivity contribution in [2.45, 2.75) is 6.92 Å². The summed E-state index contributed by atoms with van der Waals surface area (Å²) < 4.78 is 7.24. The van der Waals surface area contributed by atoms with Gasteiger partial charge in [0.1, 0.15) is 5.75 Å². The molecule has 1 heterocycles. The molecule has 24 heavy (non-hydrogen) atoms. The molecule has 2 aromatic carbocycles. The number of carbonyl (C=O) groups excluding carboxylic acids is 1. The first-order valence-corrected chi connectivity index (χ1v) is 8.73. The molecule has 0 fully saturated rings. The molecule has 0 radical (unpaired) electrons. The van der Waals surface area contributed by atoms with Gasteiger partial charge in [0.15, 0.2) is 11.7 Å². The Bertz CT molecular complexity index is 897. The fourth-order valence-corrected chi connectivity index (χ4v) is 3.70. The highest BCUT2D eigenvalue weighted by Crippen LogP contribution is 2.33. The number of anilines is 2. The number of fused-ring (bicyclic) bond motifs is 1. The van der Waals surface area contributed by atoms with Gasteiger partial charge >= 0.3 is 0 Å². The van der Waals surface area contributed by atoms with Crippen molar-refractivity contribution in [3.05, 3.63) is 46.4 Å². The quantitative estimate of drug-likeness (QED) is 0.444. The van der Waals surface area contributed by atoms with Crippen LogP contribution >= 0.6 is 27.3 Å². The predicted octanol–water partition coefficient (Wildman–Crippen LogP) is 3.67. The zero-order valence-electron chi connectivity index (χ0n) is 12.8. The number of hydrogen-bond donors (Lipinski definition) is 3. The van der Waals surface area contributed by atoms with Crippen molar-refractivity contribution in [1.29, 1.82) is 0 Å². The number of para-hydroxylation sites is 1. The number of ether oxygens (including phenoxy) is 1. The largest absolute Gasteiger partial charge is 0.483 e. The van der Waals surface area contributed by atoms with E-state index in [0.717, 1.165) is 20.3 Å². The van der Waals surface area contributed by atoms with Gasteiger partial charge in [-0.2, -0.15) is 0 Å². The highest BCUT2D eigenvalue weighted by Gasteiger charge is 2.11. The molecule has 6 nitrogen and oxygen atoms in total. The van der Waals surface area contributed by atoms with Crippen molar-refractivity contribution in [3.63, 3.8) is 0 Å². The number of aryl methyl sites for hydroxylation is 1. The fraction of sp³-hybridized carbons (Fsp3) is 0.125. The van der Waals surface area contributed by atoms with Gasteiger partial charge in [0.05, 0.1) is 10.2 Å². The molecule has 3 aromatic rings. The molecule has 4 N–H and O–H groups in total. The van der Waals surface area contributed by atoms with Crippen molar-refractivity contribution in [3.8, 4) is 5.75 Å². The van der Waals surface area contributed by atoms with E-state index in [1.165, 1.54) is 11.3 Å². The maximum Gasteiger partial charge on any atom is 0.262 e. The Kier molecular flexibility index (Phi) is 4.98. The molecule has 1 aromatic heterocycles. The van der Waals surface area contributed by atoms with E-state index in [1.807, 2.05) is 37.3 Å². The molecule has 0 aliphatic carbocycles. The number of nitrogens with one attached hydrogen (secondary N) is 2. The zero-order valence-corrected chi connectivity index (χ0v) is 15.2. The number of rotatable bonds is 5. The van der Waals surface area contributed by atoms with Gasteiger partial charge in [0, 0.05) is 10.2 Å². The van der Waals surface area contributed by atoms with Crippen LogP contribution in [0.2, 0.25) is 0 Å². The van der Waals surface area contributed by atoms with Crippen molar-refractivity contribution >= 4 is 54.2 Å². The van der Waals surface area contributed by atoms with Crippen LogP contribution in [0.25, 0.3) is 10.2 Å². The third-order valence-corrected chi connectivity index (χ3v) is 4.85. The Balaban J connectivity index is 1.70. The number of amides is 1. The van der Waals surface area contributed by atoms with Crippen LogP contribution in [0, 0.1) is 6.92 Å². The van der Waals surface area contributed by atoms with E-state index in [9.17, 15) is 4.79 Å². The molecule has 124 valence electrons. The molecule has 0 aliphatic heterocycles. The smallest absolute Gasteiger partial charge is 0.262 e. The number of thiazole rings is 1. The number of nitrogen functional groups attached to an aromatic ring is 1. The zero-order chi connectivity index (χ0) is 17.1. The van der Waals surface area contributed by atoms with Crippen LogP contribution in [0.15, 0.2) is 40.9 Å². The number of carbonyl (C=O) groups is 1. The van der Waals surface area contributed by atoms with Crippen molar-refractivity contribution in [1.82, 2.24) is 4.98 Å². The number of halogens is 1. The lowest BCUT2D eigenvalue weighted by Crippen LogP contribution is -2.20. The second kappa shape index (κ2) is 7.16. The van der Waals surface area contributed by atoms with Crippen LogP contribution in [0.1, 0.15) is 5.56 Å². The van der Waals surface area contributed by atoms with E-state index in [4.69, 9.17) is 10.6 Å². The highest BCUT2D eigenvalue weighted by molar-refractivity contribution is 9.10. The second-order valence-corrected chi connectivity index (χ2v) is 6.96. The summed E-state index contributed by atoms with van der Waals surface area (Å²) in [6, 6.07) is 11.2. The molecule has 0 saturated carbocycles. The second-order valence-electron chi connectivity index (χ2n) is 5.07. The number of hydrogen-bond acceptors (Lipinski definition) is 6. The Morgan fingerprint density at radius 1 is 1.38 bits per heavy atom. The van der Waals surface area contributed by atoms with E-state index >= 15 is 0 Å². The molecule has 0 atom stereocenters. The Hall–Kier alpha value is -2.16. The lowest BCUT2D eigenvalue weighted by atomic mass is 10.2. The lowest BCUT2D eigenvalue weighted by Gasteiger charge is -2.09. The van der Waals surface area contributed by atoms with Crippen molar-refractivity contribution in [2.75, 3.05) is 17.3 Å². The first kappa shape index (κ1) is 16.7. The third-order valence-electron chi connectivity index (χ3n) is 3.31. The third kappa shape index (κ3) is 3.66. The summed E-state index contributed by atoms with van der Waals surface area (Å²) in [7, 11) is 0. The summed E-state index contributed by atoms with van der Waals surface area (Å²) in [6.07, 6.45) is 0. The Labute approximate surface area is 151 Å². The van der Waals surface area contributed by atoms with E-state index < -0.39 is 0 Å². The van der Waals surface area contributed by atoms with E-state index in [1.54, 1.807) is 6.07 Å². The lowest BCUT2D eigenvalue weighted by molar-refractivity contribution is -0.118. The van der Waals surface area contributed by atoms with Crippen molar-refractivity contribution < 1.29 is 9.53 Å². The highest BCUT2D eigenvalue weighted by atomic mass is 79.9. The molecule has 0 spiro atoms. The minimum Gasteiger partial charge on any atom is -0.483 e. The molecule has 8 heteroatoms. The van der Waals surface area contributed by atoms with Crippen LogP contribution in [0.5, 0.6) is 5.75 Å².